The molecule has 0 saturated carbocycles. The molecular weight excluding hydrogens is 610 g/mol. The highest BCUT2D eigenvalue weighted by molar-refractivity contribution is 7.92. The highest BCUT2D eigenvalue weighted by atomic mass is 35.5. The summed E-state index contributed by atoms with van der Waals surface area (Å²) in [5.41, 5.74) is 1.19. The highest BCUT2D eigenvalue weighted by Gasteiger charge is 2.36. The number of sulfonamides is 1. The fourth-order valence-corrected chi connectivity index (χ4v) is 6.43. The van der Waals surface area contributed by atoms with Gasteiger partial charge in [0.15, 0.2) is 0 Å². The number of halogens is 1. The van der Waals surface area contributed by atoms with Crippen molar-refractivity contribution in [3.8, 4) is 5.75 Å². The van der Waals surface area contributed by atoms with Gasteiger partial charge in [0, 0.05) is 23.5 Å². The van der Waals surface area contributed by atoms with Gasteiger partial charge in [0.05, 0.1) is 17.7 Å². The average molecular weight is 648 g/mol. The molecule has 2 amide bonds. The molecule has 0 fully saturated rings. The van der Waals surface area contributed by atoms with E-state index in [1.165, 1.54) is 24.1 Å². The number of rotatable bonds is 12. The Morgan fingerprint density at radius 2 is 1.40 bits per heavy atom. The van der Waals surface area contributed by atoms with Gasteiger partial charge >= 0.3 is 0 Å². The zero-order valence-electron chi connectivity index (χ0n) is 25.8. The van der Waals surface area contributed by atoms with Gasteiger partial charge in [0.25, 0.3) is 10.0 Å². The van der Waals surface area contributed by atoms with E-state index in [9.17, 15) is 18.0 Å². The molecule has 0 spiro atoms. The Morgan fingerprint density at radius 3 is 2.00 bits per heavy atom. The molecule has 4 rings (SSSR count). The van der Waals surface area contributed by atoms with Crippen LogP contribution in [-0.2, 0) is 32.6 Å². The maximum Gasteiger partial charge on any atom is 0.264 e. The molecule has 0 radical (unpaired) electrons. The standard InChI is InChI=1S/C35H38ClN3O5S/c1-35(2,3)37-34(41)31(23-26-13-7-5-8-14-26)38(24-27-19-21-28(36)22-20-27)33(40)25-39(30-17-11-12-18-32(30)44-4)45(42,43)29-15-9-6-10-16-29/h5-22,31H,23-25H2,1-4H3,(H,37,41)/t31-/m0/s1. The van der Waals surface area contributed by atoms with Crippen molar-refractivity contribution in [2.24, 2.45) is 0 Å². The van der Waals surface area contributed by atoms with Gasteiger partial charge in [0.1, 0.15) is 18.3 Å². The lowest BCUT2D eigenvalue weighted by Crippen LogP contribution is -2.56. The maximum absolute atomic E-state index is 14.6. The van der Waals surface area contributed by atoms with Crippen LogP contribution in [-0.4, -0.2) is 50.4 Å². The van der Waals surface area contributed by atoms with Crippen LogP contribution in [0.1, 0.15) is 31.9 Å². The van der Waals surface area contributed by atoms with Crippen molar-refractivity contribution in [1.29, 1.82) is 0 Å². The molecule has 4 aromatic rings. The molecule has 45 heavy (non-hydrogen) atoms. The van der Waals surface area contributed by atoms with Crippen LogP contribution in [0.25, 0.3) is 0 Å². The van der Waals surface area contributed by atoms with Crippen LogP contribution in [0.3, 0.4) is 0 Å². The van der Waals surface area contributed by atoms with Crippen molar-refractivity contribution < 1.29 is 22.7 Å². The molecule has 4 aromatic carbocycles. The van der Waals surface area contributed by atoms with E-state index in [4.69, 9.17) is 16.3 Å². The summed E-state index contributed by atoms with van der Waals surface area (Å²) in [5.74, 6) is -0.649. The number of benzene rings is 4. The molecule has 1 atom stereocenters. The fraction of sp³-hybridized carbons (Fsp3) is 0.257. The number of anilines is 1. The molecule has 236 valence electrons. The van der Waals surface area contributed by atoms with Crippen molar-refractivity contribution in [2.75, 3.05) is 18.0 Å². The third-order valence-corrected chi connectivity index (χ3v) is 9.03. The first-order chi connectivity index (χ1) is 21.4. The minimum absolute atomic E-state index is 0.0132. The number of carbonyl (C=O) groups is 2. The second-order valence-electron chi connectivity index (χ2n) is 11.6. The summed E-state index contributed by atoms with van der Waals surface area (Å²) in [4.78, 5) is 30.0. The van der Waals surface area contributed by atoms with E-state index in [0.29, 0.717) is 5.02 Å². The van der Waals surface area contributed by atoms with Gasteiger partial charge in [0.2, 0.25) is 11.8 Å². The van der Waals surface area contributed by atoms with Crippen LogP contribution < -0.4 is 14.4 Å². The topological polar surface area (TPSA) is 96.0 Å². The second kappa shape index (κ2) is 14.6. The lowest BCUT2D eigenvalue weighted by Gasteiger charge is -2.35. The van der Waals surface area contributed by atoms with Crippen molar-refractivity contribution in [1.82, 2.24) is 10.2 Å². The number of carbonyl (C=O) groups excluding carboxylic acids is 2. The second-order valence-corrected chi connectivity index (χ2v) is 13.9. The third kappa shape index (κ3) is 8.86. The zero-order valence-corrected chi connectivity index (χ0v) is 27.4. The van der Waals surface area contributed by atoms with E-state index in [1.54, 1.807) is 66.7 Å². The number of hydrogen-bond acceptors (Lipinski definition) is 5. The van der Waals surface area contributed by atoms with Gasteiger partial charge in [-0.15, -0.1) is 0 Å². The summed E-state index contributed by atoms with van der Waals surface area (Å²) >= 11 is 6.15. The molecule has 10 heteroatoms. The SMILES string of the molecule is COc1ccccc1N(CC(=O)N(Cc1ccc(Cl)cc1)[C@@H](Cc1ccccc1)C(=O)NC(C)(C)C)S(=O)(=O)c1ccccc1. The van der Waals surface area contributed by atoms with E-state index in [0.717, 1.165) is 15.4 Å². The molecule has 8 nitrogen and oxygen atoms in total. The lowest BCUT2D eigenvalue weighted by atomic mass is 10.0. The minimum Gasteiger partial charge on any atom is -0.495 e. The maximum atomic E-state index is 14.6. The number of para-hydroxylation sites is 2. The summed E-state index contributed by atoms with van der Waals surface area (Å²) in [5, 5.41) is 3.55. The Bertz CT molecular complexity index is 1690. The lowest BCUT2D eigenvalue weighted by molar-refractivity contribution is -0.140. The average Bonchev–Trinajstić information content (AvgIpc) is 3.02. The molecule has 0 saturated heterocycles. The van der Waals surface area contributed by atoms with Gasteiger partial charge in [-0.2, -0.15) is 0 Å². The predicted molar refractivity (Wildman–Crippen MR) is 178 cm³/mol. The van der Waals surface area contributed by atoms with Gasteiger partial charge < -0.3 is 15.0 Å². The number of ether oxygens (including phenoxy) is 1. The largest absolute Gasteiger partial charge is 0.495 e. The Morgan fingerprint density at radius 1 is 0.822 bits per heavy atom. The van der Waals surface area contributed by atoms with Gasteiger partial charge in [-0.1, -0.05) is 84.4 Å². The first-order valence-electron chi connectivity index (χ1n) is 14.5. The van der Waals surface area contributed by atoms with E-state index in [1.807, 2.05) is 51.1 Å². The van der Waals surface area contributed by atoms with Crippen molar-refractivity contribution in [3.05, 3.63) is 125 Å². The molecule has 0 aromatic heterocycles. The van der Waals surface area contributed by atoms with E-state index >= 15 is 0 Å². The van der Waals surface area contributed by atoms with Crippen molar-refractivity contribution in [3.63, 3.8) is 0 Å². The fourth-order valence-electron chi connectivity index (χ4n) is 4.86. The summed E-state index contributed by atoms with van der Waals surface area (Å²) in [6.45, 7) is 5.05. The molecule has 0 aliphatic carbocycles. The molecule has 0 bridgehead atoms. The van der Waals surface area contributed by atoms with Crippen LogP contribution in [0.15, 0.2) is 114 Å². The normalized spacial score (nSPS) is 12.2. The van der Waals surface area contributed by atoms with Crippen LogP contribution in [0.2, 0.25) is 5.02 Å². The first-order valence-corrected chi connectivity index (χ1v) is 16.3. The molecule has 0 unspecified atom stereocenters. The summed E-state index contributed by atoms with van der Waals surface area (Å²) < 4.78 is 34.8. The van der Waals surface area contributed by atoms with Crippen molar-refractivity contribution >= 4 is 39.1 Å². The quantitative estimate of drug-likeness (QED) is 0.201. The molecule has 0 aliphatic rings. The molecule has 0 heterocycles. The smallest absolute Gasteiger partial charge is 0.264 e. The summed E-state index contributed by atoms with van der Waals surface area (Å²) in [6, 6.07) is 29.9. The molecule has 1 N–H and O–H groups in total. The minimum atomic E-state index is -4.24. The number of nitrogens with one attached hydrogen (secondary N) is 1. The van der Waals surface area contributed by atoms with Gasteiger partial charge in [-0.3, -0.25) is 13.9 Å². The zero-order chi connectivity index (χ0) is 32.6. The van der Waals surface area contributed by atoms with Crippen LogP contribution in [0.4, 0.5) is 5.69 Å². The number of methoxy groups -OCH3 is 1. The number of amides is 2. The number of hydrogen-bond donors (Lipinski definition) is 1. The van der Waals surface area contributed by atoms with Gasteiger partial charge in [-0.05, 0) is 68.3 Å². The van der Waals surface area contributed by atoms with Gasteiger partial charge in [-0.25, -0.2) is 8.42 Å². The summed E-state index contributed by atoms with van der Waals surface area (Å²) in [6.07, 6.45) is 0.210. The van der Waals surface area contributed by atoms with E-state index in [2.05, 4.69) is 5.32 Å². The van der Waals surface area contributed by atoms with E-state index in [-0.39, 0.29) is 35.2 Å². The summed E-state index contributed by atoms with van der Waals surface area (Å²) in [7, 11) is -2.80. The van der Waals surface area contributed by atoms with Crippen molar-refractivity contribution in [2.45, 2.75) is 50.2 Å². The third-order valence-electron chi connectivity index (χ3n) is 7.00. The van der Waals surface area contributed by atoms with Crippen LogP contribution >= 0.6 is 11.6 Å². The van der Waals surface area contributed by atoms with Crippen LogP contribution in [0, 0.1) is 0 Å². The Kier molecular flexibility index (Phi) is 10.9. The highest BCUT2D eigenvalue weighted by Crippen LogP contribution is 2.32. The Labute approximate surface area is 270 Å². The monoisotopic (exact) mass is 647 g/mol. The Balaban J connectivity index is 1.83. The predicted octanol–water partition coefficient (Wildman–Crippen LogP) is 6.10. The first kappa shape index (κ1) is 33.6. The Hall–Kier alpha value is -4.34. The number of nitrogens with zero attached hydrogens (tertiary/aromatic N) is 2. The van der Waals surface area contributed by atoms with E-state index < -0.39 is 34.1 Å². The molecular formula is C35H38ClN3O5S. The molecule has 0 aliphatic heterocycles. The van der Waals surface area contributed by atoms with Crippen LogP contribution in [0.5, 0.6) is 5.75 Å².